The van der Waals surface area contributed by atoms with Crippen molar-refractivity contribution in [3.05, 3.63) is 35.5 Å². The number of aliphatic carboxylic acids is 1. The maximum Gasteiger partial charge on any atom is 0.352 e. The van der Waals surface area contributed by atoms with Crippen molar-refractivity contribution in [2.24, 2.45) is 0 Å². The molecule has 0 radical (unpaired) electrons. The van der Waals surface area contributed by atoms with E-state index in [1.807, 2.05) is 0 Å². The molecule has 1 aromatic rings. The van der Waals surface area contributed by atoms with Gasteiger partial charge in [-0.15, -0.1) is 0 Å². The molecule has 0 aromatic heterocycles. The van der Waals surface area contributed by atoms with Gasteiger partial charge in [-0.2, -0.15) is 0 Å². The molecule has 1 aromatic carbocycles. The minimum atomic E-state index is -1.23. The Labute approximate surface area is 116 Å². The van der Waals surface area contributed by atoms with Crippen LogP contribution >= 0.6 is 0 Å². The number of hydrogen-bond acceptors (Lipinski definition) is 4. The van der Waals surface area contributed by atoms with E-state index in [1.54, 1.807) is 31.2 Å². The van der Waals surface area contributed by atoms with Gasteiger partial charge in [-0.1, -0.05) is 19.1 Å². The molecule has 0 aliphatic rings. The Morgan fingerprint density at radius 1 is 1.25 bits per heavy atom. The van der Waals surface area contributed by atoms with Crippen molar-refractivity contribution >= 4 is 23.9 Å². The van der Waals surface area contributed by atoms with Crippen LogP contribution in [0.2, 0.25) is 0 Å². The second-order valence-corrected chi connectivity index (χ2v) is 3.94. The van der Waals surface area contributed by atoms with Crippen LogP contribution < -0.4 is 10.1 Å². The van der Waals surface area contributed by atoms with Gasteiger partial charge in [0.1, 0.15) is 11.4 Å². The van der Waals surface area contributed by atoms with Gasteiger partial charge in [0.25, 0.3) is 0 Å². The number of ether oxygens (including phenoxy) is 1. The number of nitrogens with one attached hydrogen (secondary N) is 1. The summed E-state index contributed by atoms with van der Waals surface area (Å²) in [5.74, 6) is -1.67. The molecule has 0 aliphatic heterocycles. The summed E-state index contributed by atoms with van der Waals surface area (Å²) in [7, 11) is 0. The van der Waals surface area contributed by atoms with E-state index in [0.717, 1.165) is 0 Å². The lowest BCUT2D eigenvalue weighted by Gasteiger charge is -2.04. The maximum atomic E-state index is 11.1. The van der Waals surface area contributed by atoms with E-state index in [-0.39, 0.29) is 18.1 Å². The molecule has 0 bridgehead atoms. The molecule has 20 heavy (non-hydrogen) atoms. The van der Waals surface area contributed by atoms with Crippen LogP contribution in [-0.2, 0) is 14.4 Å². The molecule has 6 nitrogen and oxygen atoms in total. The number of hydrogen-bond donors (Lipinski definition) is 2. The van der Waals surface area contributed by atoms with Crippen LogP contribution in [0, 0.1) is 0 Å². The SMILES string of the molecule is CCC(=O)Oc1ccc(C=C(NC(C)=O)C(=O)O)cc1. The van der Waals surface area contributed by atoms with Crippen LogP contribution in [0.25, 0.3) is 6.08 Å². The molecular formula is C14H15NO5. The average molecular weight is 277 g/mol. The van der Waals surface area contributed by atoms with Gasteiger partial charge in [0, 0.05) is 13.3 Å². The number of carbonyl (C=O) groups excluding carboxylic acids is 2. The molecule has 0 atom stereocenters. The van der Waals surface area contributed by atoms with Crippen molar-refractivity contribution in [1.82, 2.24) is 5.32 Å². The van der Waals surface area contributed by atoms with E-state index in [2.05, 4.69) is 5.32 Å². The summed E-state index contributed by atoms with van der Waals surface area (Å²) in [6.45, 7) is 2.91. The third-order valence-electron chi connectivity index (χ3n) is 2.25. The summed E-state index contributed by atoms with van der Waals surface area (Å²) in [5.41, 5.74) is 0.336. The first kappa shape index (κ1) is 15.4. The summed E-state index contributed by atoms with van der Waals surface area (Å²) in [6, 6.07) is 6.27. The predicted octanol–water partition coefficient (Wildman–Crippen LogP) is 1.56. The number of carboxylic acid groups (broad SMARTS) is 1. The summed E-state index contributed by atoms with van der Waals surface area (Å²) in [6.07, 6.45) is 1.59. The Morgan fingerprint density at radius 2 is 1.85 bits per heavy atom. The number of carbonyl (C=O) groups is 3. The van der Waals surface area contributed by atoms with Gasteiger partial charge in [-0.25, -0.2) is 4.79 Å². The van der Waals surface area contributed by atoms with E-state index in [1.165, 1.54) is 13.0 Å². The quantitative estimate of drug-likeness (QED) is 0.484. The van der Waals surface area contributed by atoms with Gasteiger partial charge < -0.3 is 15.2 Å². The van der Waals surface area contributed by atoms with Crippen molar-refractivity contribution in [2.45, 2.75) is 20.3 Å². The Hall–Kier alpha value is -2.63. The number of carboxylic acids is 1. The van der Waals surface area contributed by atoms with Gasteiger partial charge in [-0.05, 0) is 23.8 Å². The molecule has 0 saturated heterocycles. The second kappa shape index (κ2) is 7.08. The molecule has 0 unspecified atom stereocenters. The first-order valence-electron chi connectivity index (χ1n) is 5.95. The summed E-state index contributed by atoms with van der Waals surface area (Å²) in [4.78, 5) is 32.9. The lowest BCUT2D eigenvalue weighted by molar-refractivity contribution is -0.134. The first-order chi connectivity index (χ1) is 9.42. The topological polar surface area (TPSA) is 92.7 Å². The van der Waals surface area contributed by atoms with E-state index < -0.39 is 11.9 Å². The van der Waals surface area contributed by atoms with Crippen molar-refractivity contribution < 1.29 is 24.2 Å². The van der Waals surface area contributed by atoms with Crippen LogP contribution in [-0.4, -0.2) is 23.0 Å². The van der Waals surface area contributed by atoms with Crippen LogP contribution in [0.15, 0.2) is 30.0 Å². The van der Waals surface area contributed by atoms with Crippen LogP contribution in [0.1, 0.15) is 25.8 Å². The molecule has 106 valence electrons. The second-order valence-electron chi connectivity index (χ2n) is 3.94. The molecular weight excluding hydrogens is 262 g/mol. The van der Waals surface area contributed by atoms with Gasteiger partial charge in [0.15, 0.2) is 0 Å². The summed E-state index contributed by atoms with van der Waals surface area (Å²) in [5, 5.41) is 11.2. The van der Waals surface area contributed by atoms with Crippen LogP contribution in [0.4, 0.5) is 0 Å². The van der Waals surface area contributed by atoms with Crippen molar-refractivity contribution in [3.63, 3.8) is 0 Å². The van der Waals surface area contributed by atoms with Crippen molar-refractivity contribution in [1.29, 1.82) is 0 Å². The van der Waals surface area contributed by atoms with Crippen molar-refractivity contribution in [3.8, 4) is 5.75 Å². The number of benzene rings is 1. The third kappa shape index (κ3) is 4.93. The fraction of sp³-hybridized carbons (Fsp3) is 0.214. The Morgan fingerprint density at radius 3 is 2.30 bits per heavy atom. The molecule has 6 heteroatoms. The predicted molar refractivity (Wildman–Crippen MR) is 71.8 cm³/mol. The highest BCUT2D eigenvalue weighted by molar-refractivity contribution is 5.96. The lowest BCUT2D eigenvalue weighted by atomic mass is 10.2. The molecule has 0 heterocycles. The zero-order valence-corrected chi connectivity index (χ0v) is 11.2. The summed E-state index contributed by atoms with van der Waals surface area (Å²) >= 11 is 0. The third-order valence-corrected chi connectivity index (χ3v) is 2.25. The van der Waals surface area contributed by atoms with E-state index in [9.17, 15) is 14.4 Å². The molecule has 0 saturated carbocycles. The minimum absolute atomic E-state index is 0.226. The molecule has 1 amide bonds. The van der Waals surface area contributed by atoms with Crippen molar-refractivity contribution in [2.75, 3.05) is 0 Å². The number of rotatable bonds is 5. The zero-order valence-electron chi connectivity index (χ0n) is 11.2. The zero-order chi connectivity index (χ0) is 15.1. The largest absolute Gasteiger partial charge is 0.477 e. The standard InChI is InChI=1S/C14H15NO5/c1-3-13(17)20-11-6-4-10(5-7-11)8-12(14(18)19)15-9(2)16/h4-8H,3H2,1-2H3,(H,15,16)(H,18,19). The molecule has 2 N–H and O–H groups in total. The highest BCUT2D eigenvalue weighted by Gasteiger charge is 2.09. The van der Waals surface area contributed by atoms with E-state index >= 15 is 0 Å². The Bertz CT molecular complexity index is 545. The first-order valence-corrected chi connectivity index (χ1v) is 5.95. The minimum Gasteiger partial charge on any atom is -0.477 e. The van der Waals surface area contributed by atoms with E-state index in [4.69, 9.17) is 9.84 Å². The smallest absolute Gasteiger partial charge is 0.352 e. The Kier molecular flexibility index (Phi) is 5.46. The van der Waals surface area contributed by atoms with E-state index in [0.29, 0.717) is 11.3 Å². The number of esters is 1. The highest BCUT2D eigenvalue weighted by Crippen LogP contribution is 2.14. The van der Waals surface area contributed by atoms with Gasteiger partial charge in [0.2, 0.25) is 5.91 Å². The lowest BCUT2D eigenvalue weighted by Crippen LogP contribution is -2.24. The fourth-order valence-electron chi connectivity index (χ4n) is 1.34. The highest BCUT2D eigenvalue weighted by atomic mass is 16.5. The molecule has 0 fully saturated rings. The molecule has 0 aliphatic carbocycles. The Balaban J connectivity index is 2.88. The molecule has 1 rings (SSSR count). The maximum absolute atomic E-state index is 11.1. The fourth-order valence-corrected chi connectivity index (χ4v) is 1.34. The monoisotopic (exact) mass is 277 g/mol. The average Bonchev–Trinajstić information content (AvgIpc) is 2.39. The summed E-state index contributed by atoms with van der Waals surface area (Å²) < 4.78 is 4.99. The van der Waals surface area contributed by atoms with Crippen LogP contribution in [0.5, 0.6) is 5.75 Å². The normalized spacial score (nSPS) is 10.8. The molecule has 0 spiro atoms. The van der Waals surface area contributed by atoms with Gasteiger partial charge in [-0.3, -0.25) is 9.59 Å². The van der Waals surface area contributed by atoms with Crippen LogP contribution in [0.3, 0.4) is 0 Å². The number of amides is 1. The van der Waals surface area contributed by atoms with Gasteiger partial charge in [0.05, 0.1) is 0 Å². The van der Waals surface area contributed by atoms with Gasteiger partial charge >= 0.3 is 11.9 Å².